The Kier molecular flexibility index (Phi) is 12.9. The van der Waals surface area contributed by atoms with Gasteiger partial charge in [0.05, 0.1) is 77.1 Å². The summed E-state index contributed by atoms with van der Waals surface area (Å²) < 4.78 is 2.25. The summed E-state index contributed by atoms with van der Waals surface area (Å²) in [7, 11) is 9.72. The minimum absolute atomic E-state index is 1.08. The summed E-state index contributed by atoms with van der Waals surface area (Å²) in [5, 5.41) is 0. The Hall–Kier alpha value is -2.90. The highest BCUT2D eigenvalue weighted by atomic mass is 32.2. The molecule has 4 aromatic carbocycles. The van der Waals surface area contributed by atoms with Crippen molar-refractivity contribution in [3.8, 4) is 0 Å². The molecule has 0 fully saturated rings. The number of nitrogens with zero attached hydrogens (tertiary/aromatic N) is 4. The molecule has 6 heteroatoms. The Morgan fingerprint density at radius 2 is 0.620 bits per heavy atom. The molecule has 0 bridgehead atoms. The lowest BCUT2D eigenvalue weighted by atomic mass is 10.1. The van der Waals surface area contributed by atoms with Gasteiger partial charge in [-0.2, -0.15) is 0 Å². The van der Waals surface area contributed by atoms with E-state index < -0.39 is 0 Å². The minimum atomic E-state index is 1.08. The Balaban J connectivity index is 0.810. The van der Waals surface area contributed by atoms with Crippen LogP contribution in [0.3, 0.4) is 0 Å². The van der Waals surface area contributed by atoms with E-state index in [4.69, 9.17) is 0 Å². The van der Waals surface area contributed by atoms with E-state index in [1.54, 1.807) is 0 Å². The molecule has 0 aromatic heterocycles. The molecule has 0 N–H and O–H groups in total. The van der Waals surface area contributed by atoms with Crippen LogP contribution in [0, 0.1) is 0 Å². The highest BCUT2D eigenvalue weighted by Gasteiger charge is 2.25. The predicted molar refractivity (Wildman–Crippen MR) is 218 cm³/mol. The van der Waals surface area contributed by atoms with Crippen LogP contribution in [0.15, 0.2) is 117 Å². The maximum absolute atomic E-state index is 2.55. The molecule has 266 valence electrons. The van der Waals surface area contributed by atoms with Gasteiger partial charge in [-0.25, -0.2) is 0 Å². The fourth-order valence-electron chi connectivity index (χ4n) is 7.72. The number of fused-ring (bicyclic) bond motifs is 4. The standard InChI is InChI=1S/C44H60N4S2/c1-47(2,35-21-31-45-37-23-11-15-27-41(37)49-42-28-16-12-24-38(42)45)33-19-9-7-5-6-8-10-20-34-48(3,4)36-22-32-46-39-25-13-17-29-43(39)50-44-30-18-14-26-40(44)46/h11-18,23-30H,5-10,19-22,31-36H2,1-4H3/q+2. The third-order valence-electron chi connectivity index (χ3n) is 10.6. The van der Waals surface area contributed by atoms with E-state index in [2.05, 4.69) is 135 Å². The molecule has 0 radical (unpaired) electrons. The summed E-state index contributed by atoms with van der Waals surface area (Å²) in [6.07, 6.45) is 13.4. The van der Waals surface area contributed by atoms with Crippen LogP contribution < -0.4 is 9.80 Å². The van der Waals surface area contributed by atoms with Crippen molar-refractivity contribution in [2.45, 2.75) is 83.8 Å². The Bertz CT molecular complexity index is 1450. The highest BCUT2D eigenvalue weighted by molar-refractivity contribution is 8.00. The molecule has 2 heterocycles. The number of unbranched alkanes of at least 4 members (excludes halogenated alkanes) is 7. The summed E-state index contributed by atoms with van der Waals surface area (Å²) in [6.45, 7) is 7.17. The van der Waals surface area contributed by atoms with Gasteiger partial charge in [-0.15, -0.1) is 0 Å². The van der Waals surface area contributed by atoms with E-state index in [1.165, 1.54) is 133 Å². The Morgan fingerprint density at radius 3 is 0.940 bits per heavy atom. The van der Waals surface area contributed by atoms with Crippen molar-refractivity contribution < 1.29 is 8.97 Å². The highest BCUT2D eigenvalue weighted by Crippen LogP contribution is 2.49. The topological polar surface area (TPSA) is 6.48 Å². The molecule has 0 saturated heterocycles. The Labute approximate surface area is 312 Å². The summed E-state index contributed by atoms with van der Waals surface area (Å²) >= 11 is 3.81. The van der Waals surface area contributed by atoms with E-state index in [0.29, 0.717) is 0 Å². The van der Waals surface area contributed by atoms with Crippen LogP contribution >= 0.6 is 23.5 Å². The zero-order valence-corrected chi connectivity index (χ0v) is 32.8. The fraction of sp³-hybridized carbons (Fsp3) is 0.455. The van der Waals surface area contributed by atoms with Crippen molar-refractivity contribution in [1.29, 1.82) is 0 Å². The molecule has 4 aromatic rings. The molecule has 0 spiro atoms. The lowest BCUT2D eigenvalue weighted by Gasteiger charge is -2.35. The average molecular weight is 709 g/mol. The van der Waals surface area contributed by atoms with Crippen LogP contribution in [0.5, 0.6) is 0 Å². The number of hydrogen-bond donors (Lipinski definition) is 0. The van der Waals surface area contributed by atoms with Gasteiger partial charge in [0.1, 0.15) is 0 Å². The largest absolute Gasteiger partial charge is 0.339 e. The monoisotopic (exact) mass is 708 g/mol. The first-order valence-corrected chi connectivity index (χ1v) is 20.8. The van der Waals surface area contributed by atoms with E-state index in [9.17, 15) is 0 Å². The van der Waals surface area contributed by atoms with Crippen molar-refractivity contribution in [3.63, 3.8) is 0 Å². The van der Waals surface area contributed by atoms with Gasteiger partial charge < -0.3 is 18.8 Å². The maximum Gasteiger partial charge on any atom is 0.0799 e. The molecule has 0 atom stereocenters. The van der Waals surface area contributed by atoms with Gasteiger partial charge in [-0.3, -0.25) is 0 Å². The quantitative estimate of drug-likeness (QED) is 0.0706. The van der Waals surface area contributed by atoms with Gasteiger partial charge in [0, 0.05) is 45.5 Å². The van der Waals surface area contributed by atoms with Gasteiger partial charge in [0.25, 0.3) is 0 Å². The van der Waals surface area contributed by atoms with Crippen molar-refractivity contribution in [3.05, 3.63) is 97.1 Å². The molecule has 50 heavy (non-hydrogen) atoms. The van der Waals surface area contributed by atoms with E-state index in [0.717, 1.165) is 22.1 Å². The van der Waals surface area contributed by atoms with E-state index in [-0.39, 0.29) is 0 Å². The molecule has 0 amide bonds. The van der Waals surface area contributed by atoms with Crippen LogP contribution in [-0.2, 0) is 0 Å². The lowest BCUT2D eigenvalue weighted by Crippen LogP contribution is -2.42. The van der Waals surface area contributed by atoms with Gasteiger partial charge in [-0.1, -0.05) is 97.7 Å². The molecule has 0 saturated carbocycles. The summed E-state index contributed by atoms with van der Waals surface area (Å²) in [5.74, 6) is 0. The zero-order valence-electron chi connectivity index (χ0n) is 31.2. The smallest absolute Gasteiger partial charge is 0.0799 e. The van der Waals surface area contributed by atoms with Gasteiger partial charge in [-0.05, 0) is 74.2 Å². The molecule has 6 rings (SSSR count). The van der Waals surface area contributed by atoms with Gasteiger partial charge in [0.2, 0.25) is 0 Å². The number of hydrogen-bond acceptors (Lipinski definition) is 4. The number of rotatable bonds is 19. The molecular weight excluding hydrogens is 649 g/mol. The van der Waals surface area contributed by atoms with E-state index >= 15 is 0 Å². The molecule has 2 aliphatic rings. The SMILES string of the molecule is C[N+](C)(CCCCCCCCCC[N+](C)(C)CCCN1c2ccccc2Sc2ccccc21)CCCN1c2ccccc2Sc2ccccc21. The first-order valence-electron chi connectivity index (χ1n) is 19.2. The van der Waals surface area contributed by atoms with Gasteiger partial charge in [0.15, 0.2) is 0 Å². The zero-order chi connectivity index (χ0) is 34.8. The van der Waals surface area contributed by atoms with Crippen LogP contribution in [0.1, 0.15) is 64.2 Å². The van der Waals surface area contributed by atoms with Crippen molar-refractivity contribution in [2.24, 2.45) is 0 Å². The molecule has 2 aliphatic heterocycles. The van der Waals surface area contributed by atoms with Crippen molar-refractivity contribution >= 4 is 46.3 Å². The second kappa shape index (κ2) is 17.5. The molecule has 4 nitrogen and oxygen atoms in total. The number of para-hydroxylation sites is 4. The normalized spacial score (nSPS) is 13.8. The second-order valence-corrected chi connectivity index (χ2v) is 17.8. The second-order valence-electron chi connectivity index (χ2n) is 15.7. The predicted octanol–water partition coefficient (Wildman–Crippen LogP) is 11.6. The van der Waals surface area contributed by atoms with Crippen LogP contribution in [0.25, 0.3) is 0 Å². The first kappa shape index (κ1) is 36.9. The maximum atomic E-state index is 2.55. The fourth-order valence-corrected chi connectivity index (χ4v) is 9.91. The summed E-state index contributed by atoms with van der Waals surface area (Å²) in [5.41, 5.74) is 5.46. The third-order valence-corrected chi connectivity index (χ3v) is 12.9. The lowest BCUT2D eigenvalue weighted by molar-refractivity contribution is -0.890. The van der Waals surface area contributed by atoms with Crippen molar-refractivity contribution in [2.75, 3.05) is 77.3 Å². The number of anilines is 4. The minimum Gasteiger partial charge on any atom is -0.339 e. The number of benzene rings is 4. The molecule has 0 unspecified atom stereocenters. The molecule has 0 aliphatic carbocycles. The first-order chi connectivity index (χ1) is 24.3. The van der Waals surface area contributed by atoms with Crippen LogP contribution in [0.4, 0.5) is 22.7 Å². The van der Waals surface area contributed by atoms with Crippen LogP contribution in [0.2, 0.25) is 0 Å². The average Bonchev–Trinajstić information content (AvgIpc) is 3.11. The van der Waals surface area contributed by atoms with Crippen molar-refractivity contribution in [1.82, 2.24) is 0 Å². The van der Waals surface area contributed by atoms with Crippen LogP contribution in [-0.4, -0.2) is 76.4 Å². The van der Waals surface area contributed by atoms with Gasteiger partial charge >= 0.3 is 0 Å². The number of quaternary nitrogens is 2. The summed E-state index contributed by atoms with van der Waals surface area (Å²) in [6, 6.07) is 35.6. The summed E-state index contributed by atoms with van der Waals surface area (Å²) in [4.78, 5) is 10.6. The van der Waals surface area contributed by atoms with E-state index in [1.807, 2.05) is 23.5 Å². The Morgan fingerprint density at radius 1 is 0.360 bits per heavy atom. The molecular formula is C44H60N4S2+2. The third kappa shape index (κ3) is 9.91.